The summed E-state index contributed by atoms with van der Waals surface area (Å²) in [5, 5.41) is 7.38. The first-order chi connectivity index (χ1) is 15.6. The molecule has 7 nitrogen and oxygen atoms in total. The third kappa shape index (κ3) is 4.05. The van der Waals surface area contributed by atoms with Gasteiger partial charge in [0.2, 0.25) is 0 Å². The molecule has 0 amide bonds. The van der Waals surface area contributed by atoms with Crippen molar-refractivity contribution in [3.05, 3.63) is 64.7 Å². The maximum absolute atomic E-state index is 5.85. The summed E-state index contributed by atoms with van der Waals surface area (Å²) in [7, 11) is 0. The van der Waals surface area contributed by atoms with Gasteiger partial charge < -0.3 is 15.0 Å². The minimum Gasteiger partial charge on any atom is -0.379 e. The fourth-order valence-electron chi connectivity index (χ4n) is 4.77. The van der Waals surface area contributed by atoms with Gasteiger partial charge in [-0.05, 0) is 49.8 Å². The molecule has 2 saturated heterocycles. The van der Waals surface area contributed by atoms with Gasteiger partial charge in [-0.25, -0.2) is 4.98 Å². The Bertz CT molecular complexity index is 1060. The summed E-state index contributed by atoms with van der Waals surface area (Å²) in [4.78, 5) is 14.0. The molecule has 0 bridgehead atoms. The SMILES string of the molecule is Cc1cc([C@H]2[C@H](c3ccccn3)NC(=S)N2CCN2CCOCC2)c(C)n1-c1nccs1. The van der Waals surface area contributed by atoms with Crippen molar-refractivity contribution in [1.82, 2.24) is 29.7 Å². The second kappa shape index (κ2) is 9.27. The van der Waals surface area contributed by atoms with Crippen molar-refractivity contribution >= 4 is 28.7 Å². The Hall–Kier alpha value is -2.33. The summed E-state index contributed by atoms with van der Waals surface area (Å²) in [6.07, 6.45) is 3.71. The number of ether oxygens (including phenoxy) is 1. The van der Waals surface area contributed by atoms with Crippen molar-refractivity contribution < 1.29 is 4.74 Å². The van der Waals surface area contributed by atoms with E-state index in [1.165, 1.54) is 17.0 Å². The molecule has 3 aromatic rings. The zero-order valence-corrected chi connectivity index (χ0v) is 20.0. The quantitative estimate of drug-likeness (QED) is 0.557. The van der Waals surface area contributed by atoms with E-state index in [1.54, 1.807) is 11.3 Å². The molecular weight excluding hydrogens is 440 g/mol. The zero-order chi connectivity index (χ0) is 22.1. The predicted octanol–water partition coefficient (Wildman–Crippen LogP) is 3.25. The van der Waals surface area contributed by atoms with E-state index in [4.69, 9.17) is 17.0 Å². The molecule has 0 radical (unpaired) electrons. The summed E-state index contributed by atoms with van der Waals surface area (Å²) in [6.45, 7) is 9.70. The van der Waals surface area contributed by atoms with Crippen LogP contribution >= 0.6 is 23.6 Å². The molecule has 32 heavy (non-hydrogen) atoms. The molecule has 2 aliphatic heterocycles. The standard InChI is InChI=1S/C23H28N6OS2/c1-16-15-18(17(2)29(16)23-25-7-14-32-23)21-20(19-5-3-4-6-24-19)26-22(31)28(21)9-8-27-10-12-30-13-11-27/h3-7,14-15,20-21H,8-13H2,1-2H3,(H,26,31)/t20-,21-/m0/s1. The van der Waals surface area contributed by atoms with Crippen molar-refractivity contribution in [3.63, 3.8) is 0 Å². The first kappa shape index (κ1) is 21.5. The number of hydrogen-bond acceptors (Lipinski definition) is 6. The third-order valence-electron chi connectivity index (χ3n) is 6.36. The van der Waals surface area contributed by atoms with Crippen LogP contribution in [0.5, 0.6) is 0 Å². The highest BCUT2D eigenvalue weighted by molar-refractivity contribution is 7.80. The van der Waals surface area contributed by atoms with E-state index in [0.717, 1.165) is 55.3 Å². The van der Waals surface area contributed by atoms with Gasteiger partial charge in [0.1, 0.15) is 0 Å². The lowest BCUT2D eigenvalue weighted by molar-refractivity contribution is 0.0350. The number of nitrogens with one attached hydrogen (secondary N) is 1. The molecular formula is C23H28N6OS2. The number of hydrogen-bond donors (Lipinski definition) is 1. The van der Waals surface area contributed by atoms with Gasteiger partial charge in [-0.3, -0.25) is 14.5 Å². The van der Waals surface area contributed by atoms with Crippen LogP contribution in [0.4, 0.5) is 0 Å². The first-order valence-corrected chi connectivity index (χ1v) is 12.3. The molecule has 0 aliphatic carbocycles. The Kier molecular flexibility index (Phi) is 6.23. The summed E-state index contributed by atoms with van der Waals surface area (Å²) in [5.41, 5.74) is 4.65. The van der Waals surface area contributed by atoms with Crippen LogP contribution in [-0.4, -0.2) is 68.8 Å². The van der Waals surface area contributed by atoms with Gasteiger partial charge in [-0.1, -0.05) is 6.07 Å². The second-order valence-corrected chi connectivity index (χ2v) is 9.51. The Morgan fingerprint density at radius 2 is 2.00 bits per heavy atom. The minimum atomic E-state index is -0.00126. The van der Waals surface area contributed by atoms with Gasteiger partial charge >= 0.3 is 0 Å². The van der Waals surface area contributed by atoms with Crippen LogP contribution in [0.15, 0.2) is 42.0 Å². The summed E-state index contributed by atoms with van der Waals surface area (Å²) in [6, 6.07) is 8.43. The fraction of sp³-hybridized carbons (Fsp3) is 0.435. The van der Waals surface area contributed by atoms with Crippen LogP contribution in [0.3, 0.4) is 0 Å². The van der Waals surface area contributed by atoms with Crippen LogP contribution < -0.4 is 5.32 Å². The summed E-state index contributed by atoms with van der Waals surface area (Å²) >= 11 is 7.50. The topological polar surface area (TPSA) is 58.5 Å². The van der Waals surface area contributed by atoms with Gasteiger partial charge in [0, 0.05) is 55.3 Å². The molecule has 5 rings (SSSR count). The minimum absolute atomic E-state index is 0.00126. The number of pyridine rings is 1. The molecule has 2 aliphatic rings. The highest BCUT2D eigenvalue weighted by Gasteiger charge is 2.41. The monoisotopic (exact) mass is 468 g/mol. The van der Waals surface area contributed by atoms with Crippen molar-refractivity contribution in [1.29, 1.82) is 0 Å². The van der Waals surface area contributed by atoms with E-state index in [-0.39, 0.29) is 12.1 Å². The van der Waals surface area contributed by atoms with Gasteiger partial charge in [0.05, 0.1) is 31.0 Å². The largest absolute Gasteiger partial charge is 0.379 e. The Balaban J connectivity index is 1.51. The smallest absolute Gasteiger partial charge is 0.193 e. The molecule has 0 aromatic carbocycles. The number of thiocarbonyl (C=S) groups is 1. The predicted molar refractivity (Wildman–Crippen MR) is 130 cm³/mol. The number of aryl methyl sites for hydroxylation is 1. The van der Waals surface area contributed by atoms with Crippen molar-refractivity contribution in [2.75, 3.05) is 39.4 Å². The number of thiazole rings is 1. The van der Waals surface area contributed by atoms with E-state index in [0.29, 0.717) is 0 Å². The molecule has 0 unspecified atom stereocenters. The maximum atomic E-state index is 5.85. The lowest BCUT2D eigenvalue weighted by atomic mass is 9.97. The Morgan fingerprint density at radius 1 is 1.16 bits per heavy atom. The summed E-state index contributed by atoms with van der Waals surface area (Å²) in [5.74, 6) is 0. The van der Waals surface area contributed by atoms with Crippen LogP contribution in [-0.2, 0) is 4.74 Å². The van der Waals surface area contributed by atoms with Crippen LogP contribution in [0.25, 0.3) is 5.13 Å². The van der Waals surface area contributed by atoms with Crippen molar-refractivity contribution in [3.8, 4) is 5.13 Å². The summed E-state index contributed by atoms with van der Waals surface area (Å²) < 4.78 is 7.76. The first-order valence-electron chi connectivity index (χ1n) is 11.0. The normalized spacial score (nSPS) is 21.8. The number of aromatic nitrogens is 3. The molecule has 3 aromatic heterocycles. The van der Waals surface area contributed by atoms with Gasteiger partial charge in [-0.2, -0.15) is 0 Å². The molecule has 0 saturated carbocycles. The highest BCUT2D eigenvalue weighted by Crippen LogP contribution is 2.41. The molecule has 168 valence electrons. The van der Waals surface area contributed by atoms with E-state index in [9.17, 15) is 0 Å². The van der Waals surface area contributed by atoms with Gasteiger partial charge in [0.25, 0.3) is 0 Å². The molecule has 2 fully saturated rings. The van der Waals surface area contributed by atoms with Gasteiger partial charge in [0.15, 0.2) is 10.2 Å². The third-order valence-corrected chi connectivity index (χ3v) is 7.47. The highest BCUT2D eigenvalue weighted by atomic mass is 32.1. The zero-order valence-electron chi connectivity index (χ0n) is 18.4. The number of nitrogens with zero attached hydrogens (tertiary/aromatic N) is 5. The van der Waals surface area contributed by atoms with Crippen LogP contribution in [0, 0.1) is 13.8 Å². The van der Waals surface area contributed by atoms with Crippen LogP contribution in [0.1, 0.15) is 34.7 Å². The molecule has 2 atom stereocenters. The maximum Gasteiger partial charge on any atom is 0.193 e. The molecule has 1 N–H and O–H groups in total. The van der Waals surface area contributed by atoms with Crippen LogP contribution in [0.2, 0.25) is 0 Å². The molecule has 5 heterocycles. The lowest BCUT2D eigenvalue weighted by Gasteiger charge is -2.32. The Morgan fingerprint density at radius 3 is 2.72 bits per heavy atom. The molecule has 9 heteroatoms. The molecule has 0 spiro atoms. The lowest BCUT2D eigenvalue weighted by Crippen LogP contribution is -2.42. The van der Waals surface area contributed by atoms with E-state index < -0.39 is 0 Å². The van der Waals surface area contributed by atoms with Crippen molar-refractivity contribution in [2.24, 2.45) is 0 Å². The van der Waals surface area contributed by atoms with E-state index >= 15 is 0 Å². The average Bonchev–Trinajstić information content (AvgIpc) is 3.52. The van der Waals surface area contributed by atoms with E-state index in [2.05, 4.69) is 55.6 Å². The number of rotatable bonds is 6. The van der Waals surface area contributed by atoms with E-state index in [1.807, 2.05) is 29.9 Å². The Labute approximate surface area is 198 Å². The average molecular weight is 469 g/mol. The number of morpholine rings is 1. The van der Waals surface area contributed by atoms with Gasteiger partial charge in [-0.15, -0.1) is 11.3 Å². The second-order valence-electron chi connectivity index (χ2n) is 8.25. The fourth-order valence-corrected chi connectivity index (χ4v) is 5.85. The van der Waals surface area contributed by atoms with Crippen molar-refractivity contribution in [2.45, 2.75) is 25.9 Å².